The van der Waals surface area contributed by atoms with Crippen LogP contribution < -0.4 is 4.35 Å². The molecule has 0 saturated carbocycles. The third kappa shape index (κ3) is 5.94. The second-order valence-corrected chi connectivity index (χ2v) is 12.8. The summed E-state index contributed by atoms with van der Waals surface area (Å²) in [5, 5.41) is 38.4. The van der Waals surface area contributed by atoms with Crippen LogP contribution in [0.3, 0.4) is 0 Å². The van der Waals surface area contributed by atoms with Crippen LogP contribution >= 0.6 is 11.3 Å². The van der Waals surface area contributed by atoms with Crippen LogP contribution in [0.1, 0.15) is 18.9 Å². The quantitative estimate of drug-likeness (QED) is 0.257. The Morgan fingerprint density at radius 1 is 0.900 bits per heavy atom. The van der Waals surface area contributed by atoms with E-state index in [1.54, 1.807) is 6.07 Å². The van der Waals surface area contributed by atoms with Gasteiger partial charge in [0.05, 0.1) is 0 Å². The Bertz CT molecular complexity index is 1110. The van der Waals surface area contributed by atoms with E-state index in [4.69, 9.17) is 5.26 Å². The van der Waals surface area contributed by atoms with Gasteiger partial charge in [-0.15, -0.1) is 0 Å². The van der Waals surface area contributed by atoms with Crippen LogP contribution in [0.5, 0.6) is 0 Å². The van der Waals surface area contributed by atoms with Gasteiger partial charge < -0.3 is 0 Å². The van der Waals surface area contributed by atoms with Crippen molar-refractivity contribution >= 4 is 51.7 Å². The molecular weight excluding hydrogens is 455 g/mol. The summed E-state index contributed by atoms with van der Waals surface area (Å²) >= 11 is 0.112. The first-order valence-corrected chi connectivity index (χ1v) is 13.8. The van der Waals surface area contributed by atoms with Crippen molar-refractivity contribution in [2.45, 2.75) is 23.8 Å². The molecule has 6 nitrogen and oxygen atoms in total. The number of nitriles is 2. The van der Waals surface area contributed by atoms with E-state index in [9.17, 15) is 5.26 Å². The first-order chi connectivity index (χ1) is 14.7. The third-order valence-electron chi connectivity index (χ3n) is 4.19. The second kappa shape index (κ2) is 11.2. The Hall–Kier alpha value is -3.12. The molecule has 0 N–H and O–H groups in total. The van der Waals surface area contributed by atoms with Gasteiger partial charge in [-0.25, -0.2) is 0 Å². The van der Waals surface area contributed by atoms with Crippen molar-refractivity contribution in [1.82, 2.24) is 0 Å². The van der Waals surface area contributed by atoms with Crippen LogP contribution in [0.25, 0.3) is 0 Å². The molecule has 0 aliphatic carbocycles. The van der Waals surface area contributed by atoms with E-state index in [0.717, 1.165) is 21.8 Å². The molecule has 0 aliphatic rings. The van der Waals surface area contributed by atoms with Gasteiger partial charge in [0.1, 0.15) is 0 Å². The van der Waals surface area contributed by atoms with E-state index in [1.165, 1.54) is 15.7 Å². The van der Waals surface area contributed by atoms with Gasteiger partial charge in [0, 0.05) is 0 Å². The number of hydrogen-bond acceptors (Lipinski definition) is 7. The molecule has 3 rings (SSSR count). The second-order valence-electron chi connectivity index (χ2n) is 6.15. The minimum absolute atomic E-state index is 0.428. The SMILES string of the molecule is CC[As](CCC#N)c1ccc(N=Nc2sc(N=Nc3ccccc3)cc2C#N)cc1. The summed E-state index contributed by atoms with van der Waals surface area (Å²) in [5.41, 5.74) is 1.91. The Morgan fingerprint density at radius 3 is 2.27 bits per heavy atom. The molecule has 30 heavy (non-hydrogen) atoms. The Labute approximate surface area is 184 Å². The van der Waals surface area contributed by atoms with Crippen molar-refractivity contribution in [1.29, 1.82) is 10.5 Å². The van der Waals surface area contributed by atoms with Gasteiger partial charge in [0.2, 0.25) is 0 Å². The topological polar surface area (TPSA) is 97.0 Å². The number of thiophene rings is 1. The molecule has 0 radical (unpaired) electrons. The van der Waals surface area contributed by atoms with Crippen LogP contribution in [0.15, 0.2) is 81.1 Å². The number of nitrogens with zero attached hydrogens (tertiary/aromatic N) is 6. The van der Waals surface area contributed by atoms with Crippen molar-refractivity contribution in [3.05, 3.63) is 66.2 Å². The Morgan fingerprint density at radius 2 is 1.60 bits per heavy atom. The third-order valence-corrected chi connectivity index (χ3v) is 10.5. The molecule has 2 aromatic carbocycles. The molecule has 148 valence electrons. The maximum absolute atomic E-state index is 9.37. The van der Waals surface area contributed by atoms with Gasteiger partial charge >= 0.3 is 154 Å². The normalized spacial score (nSPS) is 12.1. The fraction of sp³-hybridized carbons (Fsp3) is 0.182. The molecule has 0 bridgehead atoms. The van der Waals surface area contributed by atoms with E-state index in [0.29, 0.717) is 22.0 Å². The van der Waals surface area contributed by atoms with E-state index in [1.807, 2.05) is 42.5 Å². The number of benzene rings is 2. The van der Waals surface area contributed by atoms with Crippen molar-refractivity contribution in [3.8, 4) is 12.1 Å². The molecule has 8 heteroatoms. The van der Waals surface area contributed by atoms with Crippen LogP contribution in [0.4, 0.5) is 21.4 Å². The van der Waals surface area contributed by atoms with Gasteiger partial charge in [0.25, 0.3) is 0 Å². The number of rotatable bonds is 8. The molecule has 3 aromatic rings. The zero-order valence-corrected chi connectivity index (χ0v) is 19.1. The van der Waals surface area contributed by atoms with Crippen molar-refractivity contribution in [2.75, 3.05) is 0 Å². The summed E-state index contributed by atoms with van der Waals surface area (Å²) < 4.78 is 1.34. The summed E-state index contributed by atoms with van der Waals surface area (Å²) in [6, 6.07) is 23.5. The van der Waals surface area contributed by atoms with Gasteiger partial charge in [-0.1, -0.05) is 18.2 Å². The number of hydrogen-bond donors (Lipinski definition) is 0. The first kappa shape index (κ1) is 21.6. The molecule has 1 unspecified atom stereocenters. The van der Waals surface area contributed by atoms with Gasteiger partial charge in [-0.05, 0) is 12.1 Å². The van der Waals surface area contributed by atoms with Crippen LogP contribution in [0.2, 0.25) is 10.4 Å². The minimum atomic E-state index is -1.16. The fourth-order valence-corrected chi connectivity index (χ4v) is 7.36. The first-order valence-electron chi connectivity index (χ1n) is 9.38. The maximum atomic E-state index is 9.37. The molecule has 0 spiro atoms. The summed E-state index contributed by atoms with van der Waals surface area (Å²) in [4.78, 5) is 0. The van der Waals surface area contributed by atoms with E-state index < -0.39 is 14.7 Å². The van der Waals surface area contributed by atoms with Crippen molar-refractivity contribution in [3.63, 3.8) is 0 Å². The average Bonchev–Trinajstić information content (AvgIpc) is 3.20. The molecule has 0 aliphatic heterocycles. The van der Waals surface area contributed by atoms with Crippen LogP contribution in [-0.4, -0.2) is 14.7 Å². The Balaban J connectivity index is 1.72. The molecule has 1 atom stereocenters. The molecule has 1 heterocycles. The van der Waals surface area contributed by atoms with Crippen LogP contribution in [-0.2, 0) is 0 Å². The molecular formula is C22H19AsN6S. The van der Waals surface area contributed by atoms with Gasteiger partial charge in [-0.2, -0.15) is 0 Å². The molecule has 0 saturated heterocycles. The van der Waals surface area contributed by atoms with E-state index in [-0.39, 0.29) is 0 Å². The van der Waals surface area contributed by atoms with E-state index >= 15 is 0 Å². The van der Waals surface area contributed by atoms with Gasteiger partial charge in [-0.3, -0.25) is 0 Å². The predicted octanol–water partition coefficient (Wildman–Crippen LogP) is 7.09. The zero-order valence-electron chi connectivity index (χ0n) is 16.4. The predicted molar refractivity (Wildman–Crippen MR) is 121 cm³/mol. The monoisotopic (exact) mass is 474 g/mol. The standard InChI is InChI=1S/C22H19AsN6S/c1-2-23(13-6-14-24)18-9-11-20(12-10-18)27-29-22-17(16-25)15-21(30-22)28-26-19-7-4-3-5-8-19/h3-5,7-12,15H,2,6,13H2,1H3. The summed E-state index contributed by atoms with van der Waals surface area (Å²) in [6.45, 7) is 2.19. The van der Waals surface area contributed by atoms with Crippen LogP contribution in [0, 0.1) is 22.7 Å². The van der Waals surface area contributed by atoms with Crippen molar-refractivity contribution in [2.24, 2.45) is 20.5 Å². The summed E-state index contributed by atoms with van der Waals surface area (Å²) in [5.74, 6) is 0. The zero-order chi connectivity index (χ0) is 21.2. The van der Waals surface area contributed by atoms with Gasteiger partial charge in [0.15, 0.2) is 0 Å². The Kier molecular flexibility index (Phi) is 8.03. The summed E-state index contributed by atoms with van der Waals surface area (Å²) in [6.07, 6.45) is 0.620. The summed E-state index contributed by atoms with van der Waals surface area (Å²) in [7, 11) is 0. The fourth-order valence-electron chi connectivity index (χ4n) is 2.66. The van der Waals surface area contributed by atoms with Crippen molar-refractivity contribution < 1.29 is 0 Å². The average molecular weight is 474 g/mol. The molecule has 1 aromatic heterocycles. The molecule has 0 amide bonds. The number of azo groups is 2. The van der Waals surface area contributed by atoms with E-state index in [2.05, 4.69) is 51.7 Å². The molecule has 0 fully saturated rings.